The summed E-state index contributed by atoms with van der Waals surface area (Å²) in [5.74, 6) is 0.453. The van der Waals surface area contributed by atoms with Crippen LogP contribution < -0.4 is 5.32 Å². The van der Waals surface area contributed by atoms with Gasteiger partial charge in [0, 0.05) is 33.7 Å². The molecule has 0 radical (unpaired) electrons. The van der Waals surface area contributed by atoms with Gasteiger partial charge in [0.15, 0.2) is 0 Å². The molecule has 0 aromatic heterocycles. The molecule has 1 saturated heterocycles. The molecule has 1 heterocycles. The van der Waals surface area contributed by atoms with Gasteiger partial charge in [-0.25, -0.2) is 0 Å². The molecule has 1 fully saturated rings. The highest BCUT2D eigenvalue weighted by molar-refractivity contribution is 7.86. The van der Waals surface area contributed by atoms with Gasteiger partial charge in [-0.15, -0.1) is 0 Å². The van der Waals surface area contributed by atoms with Crippen molar-refractivity contribution in [3.63, 3.8) is 0 Å². The van der Waals surface area contributed by atoms with Crippen LogP contribution in [0.4, 0.5) is 0 Å². The van der Waals surface area contributed by atoms with E-state index in [-0.39, 0.29) is 0 Å². The van der Waals surface area contributed by atoms with Crippen molar-refractivity contribution in [2.45, 2.75) is 26.2 Å². The maximum atomic E-state index is 12.4. The van der Waals surface area contributed by atoms with E-state index in [0.717, 1.165) is 45.4 Å². The molecule has 0 aromatic rings. The van der Waals surface area contributed by atoms with Gasteiger partial charge in [-0.05, 0) is 51.9 Å². The number of nitrogens with zero attached hydrogens (tertiary/aromatic N) is 3. The minimum atomic E-state index is -3.32. The third kappa shape index (κ3) is 6.20. The molecule has 7 heteroatoms. The molecule has 21 heavy (non-hydrogen) atoms. The molecule has 0 saturated carbocycles. The molecule has 6 nitrogen and oxygen atoms in total. The maximum absolute atomic E-state index is 12.4. The Hall–Kier alpha value is -0.210. The quantitative estimate of drug-likeness (QED) is 0.593. The average Bonchev–Trinajstić information content (AvgIpc) is 2.83. The third-order valence-corrected chi connectivity index (χ3v) is 5.95. The lowest BCUT2D eigenvalue weighted by molar-refractivity contribution is 0.335. The van der Waals surface area contributed by atoms with Crippen LogP contribution >= 0.6 is 0 Å². The largest absolute Gasteiger partial charge is 0.317 e. The summed E-state index contributed by atoms with van der Waals surface area (Å²) in [5, 5.41) is 3.29. The monoisotopic (exact) mass is 320 g/mol. The van der Waals surface area contributed by atoms with Crippen molar-refractivity contribution in [2.24, 2.45) is 5.92 Å². The van der Waals surface area contributed by atoms with Crippen LogP contribution in [0.3, 0.4) is 0 Å². The van der Waals surface area contributed by atoms with Gasteiger partial charge >= 0.3 is 0 Å². The number of rotatable bonds is 10. The van der Waals surface area contributed by atoms with Gasteiger partial charge in [-0.2, -0.15) is 17.0 Å². The predicted molar refractivity (Wildman–Crippen MR) is 87.6 cm³/mol. The Balaban J connectivity index is 2.35. The average molecular weight is 321 g/mol. The summed E-state index contributed by atoms with van der Waals surface area (Å²) in [6, 6.07) is 0. The van der Waals surface area contributed by atoms with E-state index in [0.29, 0.717) is 19.0 Å². The summed E-state index contributed by atoms with van der Waals surface area (Å²) in [6.45, 7) is 7.22. The Morgan fingerprint density at radius 3 is 2.52 bits per heavy atom. The van der Waals surface area contributed by atoms with E-state index in [9.17, 15) is 8.42 Å². The second kappa shape index (κ2) is 9.05. The van der Waals surface area contributed by atoms with Crippen LogP contribution in [0.15, 0.2) is 0 Å². The van der Waals surface area contributed by atoms with Crippen LogP contribution in [0.1, 0.15) is 26.2 Å². The van der Waals surface area contributed by atoms with Crippen molar-refractivity contribution in [2.75, 3.05) is 60.4 Å². The molecule has 0 aliphatic carbocycles. The number of nitrogens with one attached hydrogen (secondary N) is 1. The highest BCUT2D eigenvalue weighted by atomic mass is 32.2. The summed E-state index contributed by atoms with van der Waals surface area (Å²) >= 11 is 0. The molecule has 1 unspecified atom stereocenters. The molecule has 1 atom stereocenters. The van der Waals surface area contributed by atoms with Crippen LogP contribution in [0.5, 0.6) is 0 Å². The zero-order valence-corrected chi connectivity index (χ0v) is 14.8. The second-order valence-electron chi connectivity index (χ2n) is 6.13. The van der Waals surface area contributed by atoms with Gasteiger partial charge < -0.3 is 10.2 Å². The number of hydrogen-bond acceptors (Lipinski definition) is 4. The van der Waals surface area contributed by atoms with Gasteiger partial charge in [0.1, 0.15) is 0 Å². The molecule has 1 N–H and O–H groups in total. The molecular formula is C14H32N4O2S. The fourth-order valence-electron chi connectivity index (χ4n) is 2.71. The van der Waals surface area contributed by atoms with Crippen molar-refractivity contribution >= 4 is 10.2 Å². The topological polar surface area (TPSA) is 55.9 Å². The van der Waals surface area contributed by atoms with Gasteiger partial charge in [0.25, 0.3) is 10.2 Å². The van der Waals surface area contributed by atoms with Crippen LogP contribution in [0.25, 0.3) is 0 Å². The van der Waals surface area contributed by atoms with Crippen molar-refractivity contribution in [3.8, 4) is 0 Å². The lowest BCUT2D eigenvalue weighted by Gasteiger charge is -2.26. The van der Waals surface area contributed by atoms with Crippen molar-refractivity contribution in [3.05, 3.63) is 0 Å². The molecule has 0 amide bonds. The summed E-state index contributed by atoms with van der Waals surface area (Å²) in [4.78, 5) is 2.26. The van der Waals surface area contributed by atoms with Crippen LogP contribution in [-0.2, 0) is 10.2 Å². The molecule has 126 valence electrons. The first kappa shape index (κ1) is 18.8. The molecule has 0 bridgehead atoms. The Labute approximate surface area is 130 Å². The van der Waals surface area contributed by atoms with Gasteiger partial charge in [0.05, 0.1) is 0 Å². The highest BCUT2D eigenvalue weighted by Crippen LogP contribution is 2.17. The predicted octanol–water partition coefficient (Wildman–Crippen LogP) is 0.436. The summed E-state index contributed by atoms with van der Waals surface area (Å²) in [7, 11) is 2.14. The molecule has 1 aliphatic rings. The van der Waals surface area contributed by atoms with E-state index in [1.165, 1.54) is 8.61 Å². The second-order valence-corrected chi connectivity index (χ2v) is 8.27. The molecule has 1 rings (SSSR count). The minimum Gasteiger partial charge on any atom is -0.317 e. The van der Waals surface area contributed by atoms with E-state index in [4.69, 9.17) is 0 Å². The molecule has 0 spiro atoms. The smallest absolute Gasteiger partial charge is 0.281 e. The molecule has 1 aliphatic heterocycles. The summed E-state index contributed by atoms with van der Waals surface area (Å²) < 4.78 is 27.9. The lowest BCUT2D eigenvalue weighted by Crippen LogP contribution is -2.42. The highest BCUT2D eigenvalue weighted by Gasteiger charge is 2.28. The first-order valence-corrected chi connectivity index (χ1v) is 9.34. The van der Waals surface area contributed by atoms with Crippen LogP contribution in [-0.4, -0.2) is 82.3 Å². The lowest BCUT2D eigenvalue weighted by atomic mass is 10.1. The normalized spacial score (nSPS) is 20.8. The summed E-state index contributed by atoms with van der Waals surface area (Å²) in [5.41, 5.74) is 0. The zero-order valence-electron chi connectivity index (χ0n) is 14.0. The first-order valence-electron chi connectivity index (χ1n) is 7.94. The Kier molecular flexibility index (Phi) is 8.12. The zero-order chi connectivity index (χ0) is 15.9. The fourth-order valence-corrected chi connectivity index (χ4v) is 3.95. The van der Waals surface area contributed by atoms with E-state index in [1.54, 1.807) is 14.1 Å². The summed E-state index contributed by atoms with van der Waals surface area (Å²) in [6.07, 6.45) is 3.03. The van der Waals surface area contributed by atoms with E-state index < -0.39 is 10.2 Å². The number of likely N-dealkylation sites (tertiary alicyclic amines) is 1. The maximum Gasteiger partial charge on any atom is 0.281 e. The van der Waals surface area contributed by atoms with E-state index in [2.05, 4.69) is 24.2 Å². The Morgan fingerprint density at radius 1 is 1.24 bits per heavy atom. The Morgan fingerprint density at radius 2 is 1.95 bits per heavy atom. The van der Waals surface area contributed by atoms with E-state index in [1.807, 2.05) is 0 Å². The fraction of sp³-hybridized carbons (Fsp3) is 1.00. The van der Waals surface area contributed by atoms with Crippen molar-refractivity contribution in [1.82, 2.24) is 18.8 Å². The van der Waals surface area contributed by atoms with E-state index >= 15 is 0 Å². The molecule has 0 aromatic carbocycles. The molecular weight excluding hydrogens is 288 g/mol. The third-order valence-electron chi connectivity index (χ3n) is 4.05. The first-order chi connectivity index (χ1) is 9.87. The van der Waals surface area contributed by atoms with Crippen LogP contribution in [0.2, 0.25) is 0 Å². The van der Waals surface area contributed by atoms with Crippen LogP contribution in [0, 0.1) is 5.92 Å². The SMILES string of the molecule is CCCNCCCN(C)S(=O)(=O)N(C)CC1CCN(C)C1. The van der Waals surface area contributed by atoms with Gasteiger partial charge in [-0.3, -0.25) is 0 Å². The minimum absolute atomic E-state index is 0.453. The van der Waals surface area contributed by atoms with Crippen molar-refractivity contribution in [1.29, 1.82) is 0 Å². The standard InChI is InChI=1S/C14H32N4O2S/c1-5-8-15-9-6-10-17(3)21(19,20)18(4)13-14-7-11-16(2)12-14/h14-15H,5-13H2,1-4H3. The van der Waals surface area contributed by atoms with Crippen molar-refractivity contribution < 1.29 is 8.42 Å². The Bertz CT molecular complexity index is 388. The van der Waals surface area contributed by atoms with Gasteiger partial charge in [0.2, 0.25) is 0 Å². The van der Waals surface area contributed by atoms with Gasteiger partial charge in [-0.1, -0.05) is 6.92 Å². The number of hydrogen-bond donors (Lipinski definition) is 1.